The topological polar surface area (TPSA) is 34.0 Å². The molecule has 188 valence electrons. The summed E-state index contributed by atoms with van der Waals surface area (Å²) in [4.78, 5) is 11.2. The van der Waals surface area contributed by atoms with Gasteiger partial charge in [-0.2, -0.15) is 0 Å². The minimum Gasteiger partial charge on any atom is -0.312 e. The highest BCUT2D eigenvalue weighted by atomic mass is 15.2. The lowest BCUT2D eigenvalue weighted by Crippen LogP contribution is -2.31. The SMILES string of the molecule is CC1(C)c2ccccc2N(c2ccncn2)c2cc3c4c(n(-c5cccc6ccccc56)c3cc21)CCC=C4. The van der Waals surface area contributed by atoms with Gasteiger partial charge in [0.05, 0.1) is 22.6 Å². The number of hydrogen-bond acceptors (Lipinski definition) is 3. The van der Waals surface area contributed by atoms with Crippen LogP contribution in [0.2, 0.25) is 0 Å². The first-order valence-electron chi connectivity index (χ1n) is 13.6. The third-order valence-corrected chi connectivity index (χ3v) is 8.59. The van der Waals surface area contributed by atoms with Gasteiger partial charge in [0.1, 0.15) is 12.1 Å². The summed E-state index contributed by atoms with van der Waals surface area (Å²) in [5.74, 6) is 0.881. The van der Waals surface area contributed by atoms with Gasteiger partial charge in [-0.3, -0.25) is 4.90 Å². The van der Waals surface area contributed by atoms with Gasteiger partial charge in [-0.05, 0) is 59.7 Å². The molecule has 0 N–H and O–H groups in total. The minimum atomic E-state index is -0.187. The molecule has 0 saturated carbocycles. The van der Waals surface area contributed by atoms with E-state index in [9.17, 15) is 0 Å². The average Bonchev–Trinajstić information content (AvgIpc) is 3.30. The zero-order valence-corrected chi connectivity index (χ0v) is 22.1. The lowest BCUT2D eigenvalue weighted by molar-refractivity contribution is 0.632. The zero-order valence-electron chi connectivity index (χ0n) is 22.1. The van der Waals surface area contributed by atoms with Gasteiger partial charge in [-0.15, -0.1) is 0 Å². The number of anilines is 3. The second kappa shape index (κ2) is 8.15. The Kier molecular flexibility index (Phi) is 4.66. The second-order valence-electron chi connectivity index (χ2n) is 11.1. The molecule has 0 unspecified atom stereocenters. The van der Waals surface area contributed by atoms with Gasteiger partial charge in [0.15, 0.2) is 0 Å². The Labute approximate surface area is 227 Å². The van der Waals surface area contributed by atoms with E-state index in [4.69, 9.17) is 4.98 Å². The van der Waals surface area contributed by atoms with Gasteiger partial charge in [-0.1, -0.05) is 80.6 Å². The van der Waals surface area contributed by atoms with E-state index in [1.165, 1.54) is 61.1 Å². The van der Waals surface area contributed by atoms with Crippen LogP contribution in [0.3, 0.4) is 0 Å². The standard InChI is InChI=1S/C35H28N4/c1-35(2)27-14-6-8-16-31(27)39(34-18-19-36-22-37-34)33-20-26-25-13-5-7-15-30(25)38(32(26)21-28(33)35)29-17-9-11-23-10-3-4-12-24(23)29/h3-6,8-14,16-22H,7,15H2,1-2H3. The number of para-hydroxylation sites is 1. The van der Waals surface area contributed by atoms with E-state index in [0.29, 0.717) is 0 Å². The van der Waals surface area contributed by atoms with E-state index in [2.05, 4.69) is 119 Å². The van der Waals surface area contributed by atoms with Crippen molar-refractivity contribution in [3.05, 3.63) is 126 Å². The van der Waals surface area contributed by atoms with Crippen molar-refractivity contribution in [3.63, 3.8) is 0 Å². The summed E-state index contributed by atoms with van der Waals surface area (Å²) in [7, 11) is 0. The van der Waals surface area contributed by atoms with Gasteiger partial charge in [0, 0.05) is 33.6 Å². The number of fused-ring (bicyclic) bond motifs is 6. The molecule has 2 aliphatic rings. The monoisotopic (exact) mass is 504 g/mol. The summed E-state index contributed by atoms with van der Waals surface area (Å²) in [6.07, 6.45) is 10.2. The third-order valence-electron chi connectivity index (χ3n) is 8.59. The molecule has 3 heterocycles. The van der Waals surface area contributed by atoms with Crippen molar-refractivity contribution in [3.8, 4) is 5.69 Å². The maximum absolute atomic E-state index is 4.70. The van der Waals surface area contributed by atoms with Crippen molar-refractivity contribution in [1.82, 2.24) is 14.5 Å². The summed E-state index contributed by atoms with van der Waals surface area (Å²) in [5, 5.41) is 3.82. The number of benzene rings is 4. The Morgan fingerprint density at radius 2 is 1.59 bits per heavy atom. The van der Waals surface area contributed by atoms with E-state index in [0.717, 1.165) is 18.7 Å². The van der Waals surface area contributed by atoms with Crippen molar-refractivity contribution >= 4 is 44.9 Å². The normalized spacial score (nSPS) is 15.3. The van der Waals surface area contributed by atoms with Crippen LogP contribution in [0.15, 0.2) is 104 Å². The maximum Gasteiger partial charge on any atom is 0.140 e. The molecule has 0 atom stereocenters. The maximum atomic E-state index is 4.70. The van der Waals surface area contributed by atoms with Crippen LogP contribution in [-0.2, 0) is 11.8 Å². The molecule has 1 aliphatic heterocycles. The summed E-state index contributed by atoms with van der Waals surface area (Å²) < 4.78 is 2.53. The fourth-order valence-electron chi connectivity index (χ4n) is 6.75. The lowest BCUT2D eigenvalue weighted by atomic mass is 9.73. The largest absolute Gasteiger partial charge is 0.312 e. The first kappa shape index (κ1) is 22.3. The summed E-state index contributed by atoms with van der Waals surface area (Å²) in [6.45, 7) is 4.69. The number of hydrogen-bond donors (Lipinski definition) is 0. The van der Waals surface area contributed by atoms with E-state index in [1.54, 1.807) is 6.33 Å². The summed E-state index contributed by atoms with van der Waals surface area (Å²) in [5.41, 5.74) is 9.98. The third kappa shape index (κ3) is 3.12. The van der Waals surface area contributed by atoms with Crippen LogP contribution in [0, 0.1) is 0 Å². The molecule has 6 aromatic rings. The molecule has 2 aromatic heterocycles. The predicted molar refractivity (Wildman–Crippen MR) is 161 cm³/mol. The van der Waals surface area contributed by atoms with Crippen molar-refractivity contribution in [2.75, 3.05) is 4.90 Å². The van der Waals surface area contributed by atoms with Gasteiger partial charge >= 0.3 is 0 Å². The van der Waals surface area contributed by atoms with E-state index in [-0.39, 0.29) is 5.41 Å². The molecule has 4 aromatic carbocycles. The zero-order chi connectivity index (χ0) is 26.1. The van der Waals surface area contributed by atoms with Gasteiger partial charge < -0.3 is 4.57 Å². The van der Waals surface area contributed by atoms with Crippen LogP contribution < -0.4 is 4.90 Å². The first-order chi connectivity index (χ1) is 19.1. The van der Waals surface area contributed by atoms with Crippen molar-refractivity contribution in [2.45, 2.75) is 32.1 Å². The highest BCUT2D eigenvalue weighted by Gasteiger charge is 2.38. The number of nitrogens with zero attached hydrogens (tertiary/aromatic N) is 4. The molecule has 4 nitrogen and oxygen atoms in total. The molecule has 0 spiro atoms. The average molecular weight is 505 g/mol. The number of allylic oxidation sites excluding steroid dienone is 1. The van der Waals surface area contributed by atoms with E-state index < -0.39 is 0 Å². The number of rotatable bonds is 2. The molecular weight excluding hydrogens is 476 g/mol. The van der Waals surface area contributed by atoms with Gasteiger partial charge in [0.2, 0.25) is 0 Å². The molecular formula is C35H28N4. The Bertz CT molecular complexity index is 1940. The number of aromatic nitrogens is 3. The van der Waals surface area contributed by atoms with Crippen LogP contribution >= 0.6 is 0 Å². The van der Waals surface area contributed by atoms with E-state index in [1.807, 2.05) is 12.3 Å². The highest BCUT2D eigenvalue weighted by molar-refractivity contribution is 6.01. The fraction of sp³-hybridized carbons (Fsp3) is 0.143. The smallest absolute Gasteiger partial charge is 0.140 e. The predicted octanol–water partition coefficient (Wildman–Crippen LogP) is 8.64. The van der Waals surface area contributed by atoms with Crippen LogP contribution in [0.25, 0.3) is 33.4 Å². The quantitative estimate of drug-likeness (QED) is 0.237. The van der Waals surface area contributed by atoms with Crippen molar-refractivity contribution in [1.29, 1.82) is 0 Å². The summed E-state index contributed by atoms with van der Waals surface area (Å²) >= 11 is 0. The van der Waals surface area contributed by atoms with Crippen molar-refractivity contribution < 1.29 is 0 Å². The molecule has 0 radical (unpaired) electrons. The first-order valence-corrected chi connectivity index (χ1v) is 13.6. The van der Waals surface area contributed by atoms with Crippen LogP contribution in [0.4, 0.5) is 17.2 Å². The summed E-state index contributed by atoms with van der Waals surface area (Å²) in [6, 6.07) is 31.0. The Balaban J connectivity index is 1.50. The molecule has 1 aliphatic carbocycles. The van der Waals surface area contributed by atoms with Gasteiger partial charge in [-0.25, -0.2) is 9.97 Å². The molecule has 0 fully saturated rings. The Morgan fingerprint density at radius 3 is 2.49 bits per heavy atom. The van der Waals surface area contributed by atoms with Crippen molar-refractivity contribution in [2.24, 2.45) is 0 Å². The Morgan fingerprint density at radius 1 is 0.769 bits per heavy atom. The Hall–Kier alpha value is -4.70. The highest BCUT2D eigenvalue weighted by Crippen LogP contribution is 2.53. The second-order valence-corrected chi connectivity index (χ2v) is 11.1. The molecule has 0 amide bonds. The molecule has 39 heavy (non-hydrogen) atoms. The molecule has 0 bridgehead atoms. The van der Waals surface area contributed by atoms with E-state index >= 15 is 0 Å². The molecule has 4 heteroatoms. The fourth-order valence-corrected chi connectivity index (χ4v) is 6.75. The molecule has 0 saturated heterocycles. The van der Waals surface area contributed by atoms with Crippen LogP contribution in [0.1, 0.15) is 42.7 Å². The lowest BCUT2D eigenvalue weighted by Gasteiger charge is -2.41. The van der Waals surface area contributed by atoms with Gasteiger partial charge in [0.25, 0.3) is 0 Å². The van der Waals surface area contributed by atoms with Crippen LogP contribution in [-0.4, -0.2) is 14.5 Å². The minimum absolute atomic E-state index is 0.187. The molecule has 8 rings (SSSR count). The van der Waals surface area contributed by atoms with Crippen LogP contribution in [0.5, 0.6) is 0 Å².